The molecule has 0 spiro atoms. The zero-order valence-corrected chi connectivity index (χ0v) is 10.4. The number of nitrogens with zero attached hydrogens (tertiary/aromatic N) is 2. The second-order valence-corrected chi connectivity index (χ2v) is 5.15. The molecule has 1 aromatic rings. The molecule has 1 aliphatic rings. The Balaban J connectivity index is 1.90. The fraction of sp³-hybridized carbons (Fsp3) is 0.545. The number of hydrogen-bond donors (Lipinski definition) is 1. The molecule has 0 unspecified atom stereocenters. The molecule has 4 heteroatoms. The molecule has 1 aliphatic heterocycles. The molecule has 1 fully saturated rings. The highest BCUT2D eigenvalue weighted by molar-refractivity contribution is 9.10. The highest BCUT2D eigenvalue weighted by Crippen LogP contribution is 2.25. The highest BCUT2D eigenvalue weighted by Gasteiger charge is 2.38. The van der Waals surface area contributed by atoms with Gasteiger partial charge in [-0.15, -0.1) is 0 Å². The lowest BCUT2D eigenvalue weighted by atomic mass is 9.91. The Morgan fingerprint density at radius 1 is 1.53 bits per heavy atom. The number of hydrogen-bond acceptors (Lipinski definition) is 3. The zero-order valence-electron chi connectivity index (χ0n) is 8.78. The van der Waals surface area contributed by atoms with Crippen LogP contribution in [0.1, 0.15) is 18.9 Å². The standard InChI is InChI=1S/C11H15BrN2O/c1-2-11(15)7-14(8-11)6-9-3-10(12)5-13-4-9/h3-5,15H,2,6-8H2,1H3. The van der Waals surface area contributed by atoms with E-state index in [0.717, 1.165) is 30.5 Å². The van der Waals surface area contributed by atoms with Gasteiger partial charge in [0.05, 0.1) is 5.60 Å². The summed E-state index contributed by atoms with van der Waals surface area (Å²) in [6, 6.07) is 2.07. The van der Waals surface area contributed by atoms with Crippen molar-refractivity contribution in [1.29, 1.82) is 0 Å². The summed E-state index contributed by atoms with van der Waals surface area (Å²) in [6.45, 7) is 4.44. The molecule has 0 aliphatic carbocycles. The van der Waals surface area contributed by atoms with Crippen LogP contribution in [0, 0.1) is 0 Å². The average molecular weight is 271 g/mol. The first-order chi connectivity index (χ1) is 7.11. The highest BCUT2D eigenvalue weighted by atomic mass is 79.9. The summed E-state index contributed by atoms with van der Waals surface area (Å²) in [5.41, 5.74) is 0.738. The first kappa shape index (κ1) is 11.0. The summed E-state index contributed by atoms with van der Waals surface area (Å²) in [7, 11) is 0. The quantitative estimate of drug-likeness (QED) is 0.910. The molecule has 0 radical (unpaired) electrons. The molecule has 1 N–H and O–H groups in total. The molecular formula is C11H15BrN2O. The number of halogens is 1. The lowest BCUT2D eigenvalue weighted by Gasteiger charge is -2.46. The summed E-state index contributed by atoms with van der Waals surface area (Å²) < 4.78 is 1.01. The van der Waals surface area contributed by atoms with E-state index in [1.165, 1.54) is 5.56 Å². The van der Waals surface area contributed by atoms with Gasteiger partial charge in [0.2, 0.25) is 0 Å². The summed E-state index contributed by atoms with van der Waals surface area (Å²) in [6.07, 6.45) is 4.48. The van der Waals surface area contributed by atoms with Gasteiger partial charge in [-0.3, -0.25) is 9.88 Å². The molecular weight excluding hydrogens is 256 g/mol. The molecule has 82 valence electrons. The van der Waals surface area contributed by atoms with Gasteiger partial charge in [0, 0.05) is 36.5 Å². The van der Waals surface area contributed by atoms with Crippen LogP contribution in [0.5, 0.6) is 0 Å². The Kier molecular flexibility index (Phi) is 3.09. The van der Waals surface area contributed by atoms with Gasteiger partial charge in [-0.1, -0.05) is 6.92 Å². The maximum atomic E-state index is 9.86. The lowest BCUT2D eigenvalue weighted by molar-refractivity contribution is -0.103. The Morgan fingerprint density at radius 2 is 2.27 bits per heavy atom. The Morgan fingerprint density at radius 3 is 2.87 bits per heavy atom. The third-order valence-corrected chi connectivity index (χ3v) is 3.30. The molecule has 0 bridgehead atoms. The Hall–Kier alpha value is -0.450. The SMILES string of the molecule is CCC1(O)CN(Cc2cncc(Br)c2)C1. The molecule has 2 heterocycles. The maximum Gasteiger partial charge on any atom is 0.0897 e. The van der Waals surface area contributed by atoms with Gasteiger partial charge < -0.3 is 5.11 Å². The third kappa shape index (κ3) is 2.56. The van der Waals surface area contributed by atoms with Crippen LogP contribution in [0.15, 0.2) is 22.9 Å². The minimum Gasteiger partial charge on any atom is -0.387 e. The number of likely N-dealkylation sites (tertiary alicyclic amines) is 1. The van der Waals surface area contributed by atoms with Gasteiger partial charge in [0.15, 0.2) is 0 Å². The fourth-order valence-electron chi connectivity index (χ4n) is 1.92. The van der Waals surface area contributed by atoms with E-state index in [-0.39, 0.29) is 0 Å². The molecule has 2 rings (SSSR count). The van der Waals surface area contributed by atoms with Crippen molar-refractivity contribution >= 4 is 15.9 Å². The van der Waals surface area contributed by atoms with Crippen molar-refractivity contribution in [3.8, 4) is 0 Å². The van der Waals surface area contributed by atoms with Crippen LogP contribution in [0.2, 0.25) is 0 Å². The minimum absolute atomic E-state index is 0.445. The number of β-amino-alcohol motifs (C(OH)–C–C–N with tert-alkyl or cyclic N) is 1. The smallest absolute Gasteiger partial charge is 0.0897 e. The van der Waals surface area contributed by atoms with Gasteiger partial charge in [-0.25, -0.2) is 0 Å². The van der Waals surface area contributed by atoms with E-state index in [1.807, 2.05) is 13.1 Å². The molecule has 0 saturated carbocycles. The maximum absolute atomic E-state index is 9.86. The van der Waals surface area contributed by atoms with Crippen LogP contribution in [-0.2, 0) is 6.54 Å². The molecule has 1 saturated heterocycles. The number of aromatic nitrogens is 1. The van der Waals surface area contributed by atoms with E-state index in [9.17, 15) is 5.11 Å². The zero-order chi connectivity index (χ0) is 10.9. The van der Waals surface area contributed by atoms with E-state index < -0.39 is 5.60 Å². The van der Waals surface area contributed by atoms with Crippen molar-refractivity contribution in [3.05, 3.63) is 28.5 Å². The first-order valence-corrected chi connectivity index (χ1v) is 5.95. The molecule has 3 nitrogen and oxygen atoms in total. The van der Waals surface area contributed by atoms with Crippen LogP contribution in [-0.4, -0.2) is 33.7 Å². The van der Waals surface area contributed by atoms with Crippen molar-refractivity contribution < 1.29 is 5.11 Å². The van der Waals surface area contributed by atoms with Crippen LogP contribution < -0.4 is 0 Å². The van der Waals surface area contributed by atoms with Crippen molar-refractivity contribution in [3.63, 3.8) is 0 Å². The van der Waals surface area contributed by atoms with Gasteiger partial charge in [0.25, 0.3) is 0 Å². The second kappa shape index (κ2) is 4.20. The van der Waals surface area contributed by atoms with E-state index in [0.29, 0.717) is 0 Å². The second-order valence-electron chi connectivity index (χ2n) is 4.23. The van der Waals surface area contributed by atoms with Gasteiger partial charge >= 0.3 is 0 Å². The van der Waals surface area contributed by atoms with E-state index >= 15 is 0 Å². The average Bonchev–Trinajstić information content (AvgIpc) is 2.15. The van der Waals surface area contributed by atoms with Crippen LogP contribution in [0.3, 0.4) is 0 Å². The number of rotatable bonds is 3. The largest absolute Gasteiger partial charge is 0.387 e. The molecule has 15 heavy (non-hydrogen) atoms. The van der Waals surface area contributed by atoms with Crippen molar-refractivity contribution in [1.82, 2.24) is 9.88 Å². The minimum atomic E-state index is -0.445. The number of aliphatic hydroxyl groups is 1. The Labute approximate surface area is 98.3 Å². The van der Waals surface area contributed by atoms with Crippen LogP contribution >= 0.6 is 15.9 Å². The third-order valence-electron chi connectivity index (χ3n) is 2.86. The fourth-order valence-corrected chi connectivity index (χ4v) is 2.33. The topological polar surface area (TPSA) is 36.4 Å². The van der Waals surface area contributed by atoms with Gasteiger partial charge in [0.1, 0.15) is 0 Å². The number of pyridine rings is 1. The lowest BCUT2D eigenvalue weighted by Crippen LogP contribution is -2.60. The van der Waals surface area contributed by atoms with Crippen LogP contribution in [0.4, 0.5) is 0 Å². The summed E-state index contributed by atoms with van der Waals surface area (Å²) >= 11 is 3.40. The van der Waals surface area contributed by atoms with Crippen molar-refractivity contribution in [2.45, 2.75) is 25.5 Å². The van der Waals surface area contributed by atoms with Crippen LogP contribution in [0.25, 0.3) is 0 Å². The van der Waals surface area contributed by atoms with E-state index in [2.05, 4.69) is 31.9 Å². The van der Waals surface area contributed by atoms with Crippen molar-refractivity contribution in [2.75, 3.05) is 13.1 Å². The molecule has 1 aromatic heterocycles. The summed E-state index contributed by atoms with van der Waals surface area (Å²) in [5.74, 6) is 0. The molecule has 0 aromatic carbocycles. The van der Waals surface area contributed by atoms with Crippen molar-refractivity contribution in [2.24, 2.45) is 0 Å². The van der Waals surface area contributed by atoms with E-state index in [4.69, 9.17) is 0 Å². The predicted molar refractivity (Wildman–Crippen MR) is 62.5 cm³/mol. The molecule has 0 amide bonds. The normalized spacial score (nSPS) is 19.9. The predicted octanol–water partition coefficient (Wildman–Crippen LogP) is 1.80. The summed E-state index contributed by atoms with van der Waals surface area (Å²) in [5, 5.41) is 9.86. The first-order valence-electron chi connectivity index (χ1n) is 5.15. The Bertz CT molecular complexity index is 350. The molecule has 0 atom stereocenters. The van der Waals surface area contributed by atoms with Gasteiger partial charge in [-0.2, -0.15) is 0 Å². The summed E-state index contributed by atoms with van der Waals surface area (Å²) in [4.78, 5) is 6.35. The monoisotopic (exact) mass is 270 g/mol. The van der Waals surface area contributed by atoms with Gasteiger partial charge in [-0.05, 0) is 34.0 Å². The van der Waals surface area contributed by atoms with E-state index in [1.54, 1.807) is 6.20 Å².